The Morgan fingerprint density at radius 1 is 1.27 bits per heavy atom. The Balaban J connectivity index is 2.03. The van der Waals surface area contributed by atoms with Crippen LogP contribution in [0.4, 0.5) is 0 Å². The smallest absolute Gasteiger partial charge is 0.343 e. The van der Waals surface area contributed by atoms with Crippen LogP contribution in [0, 0.1) is 0 Å². The molecule has 4 N–H and O–H groups in total. The molecule has 174 valence electrons. The third-order valence-electron chi connectivity index (χ3n) is 5.13. The minimum atomic E-state index is -0.964. The number of hydrogen-bond acceptors (Lipinski definition) is 8. The number of esters is 1. The summed E-state index contributed by atoms with van der Waals surface area (Å²) >= 11 is 0. The van der Waals surface area contributed by atoms with E-state index < -0.39 is 29.1 Å². The van der Waals surface area contributed by atoms with Crippen LogP contribution in [0.1, 0.15) is 39.6 Å². The first-order valence-electron chi connectivity index (χ1n) is 9.84. The number of aromatic hydroxyl groups is 1. The van der Waals surface area contributed by atoms with E-state index in [2.05, 4.69) is 14.7 Å². The highest BCUT2D eigenvalue weighted by atomic mass is 16.5. The molecule has 0 aliphatic heterocycles. The molecule has 2 aromatic heterocycles. The number of methoxy groups -OCH3 is 2. The number of amides is 1. The van der Waals surface area contributed by atoms with E-state index in [0.717, 1.165) is 13.3 Å². The summed E-state index contributed by atoms with van der Waals surface area (Å²) in [5.74, 6) is -1.68. The van der Waals surface area contributed by atoms with Crippen LogP contribution in [0.5, 0.6) is 17.2 Å². The van der Waals surface area contributed by atoms with E-state index in [1.165, 1.54) is 7.11 Å². The van der Waals surface area contributed by atoms with Crippen molar-refractivity contribution < 1.29 is 28.9 Å². The van der Waals surface area contributed by atoms with Crippen molar-refractivity contribution >= 4 is 11.9 Å². The number of nitrogens with zero attached hydrogens (tertiary/aromatic N) is 2. The second kappa shape index (κ2) is 9.90. The van der Waals surface area contributed by atoms with Crippen molar-refractivity contribution in [3.63, 3.8) is 0 Å². The minimum Gasteiger partial charge on any atom is -0.506 e. The van der Waals surface area contributed by atoms with Crippen LogP contribution < -0.4 is 20.8 Å². The van der Waals surface area contributed by atoms with Gasteiger partial charge in [-0.2, -0.15) is 0 Å². The van der Waals surface area contributed by atoms with Gasteiger partial charge in [0.05, 0.1) is 19.8 Å². The van der Waals surface area contributed by atoms with E-state index in [1.54, 1.807) is 30.6 Å². The van der Waals surface area contributed by atoms with Crippen molar-refractivity contribution in [2.24, 2.45) is 12.8 Å². The normalized spacial score (nSPS) is 11.6. The Labute approximate surface area is 188 Å². The summed E-state index contributed by atoms with van der Waals surface area (Å²) in [5, 5.41) is 10.7. The van der Waals surface area contributed by atoms with Gasteiger partial charge in [-0.1, -0.05) is 6.07 Å². The molecule has 33 heavy (non-hydrogen) atoms. The molecule has 11 nitrogen and oxygen atoms in total. The third-order valence-corrected chi connectivity index (χ3v) is 5.13. The molecular formula is C22H24N4O7. The number of aromatic amines is 1. The lowest BCUT2D eigenvalue weighted by Crippen LogP contribution is -2.24. The average Bonchev–Trinajstić information content (AvgIpc) is 3.20. The first kappa shape index (κ1) is 23.4. The number of imidazole rings is 1. The fraction of sp³-hybridized carbons (Fsp3) is 0.273. The number of carbonyl (C=O) groups excluding carboxylic acids is 2. The number of rotatable bonds is 9. The number of benzene rings is 1. The van der Waals surface area contributed by atoms with Gasteiger partial charge in [0.2, 0.25) is 5.91 Å². The Hall–Kier alpha value is -4.28. The summed E-state index contributed by atoms with van der Waals surface area (Å²) in [4.78, 5) is 43.0. The van der Waals surface area contributed by atoms with Crippen molar-refractivity contribution in [3.8, 4) is 17.2 Å². The average molecular weight is 456 g/mol. The monoisotopic (exact) mass is 456 g/mol. The second-order valence-corrected chi connectivity index (χ2v) is 7.16. The molecule has 0 spiro atoms. The van der Waals surface area contributed by atoms with Crippen molar-refractivity contribution in [1.29, 1.82) is 0 Å². The van der Waals surface area contributed by atoms with Gasteiger partial charge < -0.3 is 34.6 Å². The van der Waals surface area contributed by atoms with E-state index in [-0.39, 0.29) is 24.2 Å². The zero-order chi connectivity index (χ0) is 24.1. The van der Waals surface area contributed by atoms with Crippen molar-refractivity contribution in [1.82, 2.24) is 14.5 Å². The molecule has 0 aliphatic rings. The number of nitrogens with one attached hydrogen (secondary N) is 1. The second-order valence-electron chi connectivity index (χ2n) is 7.16. The number of aryl methyl sites for hydroxylation is 1. The van der Waals surface area contributed by atoms with Gasteiger partial charge in [0, 0.05) is 38.0 Å². The molecule has 0 unspecified atom stereocenters. The number of primary amides is 1. The molecule has 0 fully saturated rings. The van der Waals surface area contributed by atoms with Crippen LogP contribution >= 0.6 is 0 Å². The number of H-pyrrole nitrogens is 1. The molecule has 2 heterocycles. The molecule has 1 aromatic carbocycles. The van der Waals surface area contributed by atoms with Gasteiger partial charge in [-0.3, -0.25) is 9.59 Å². The largest absolute Gasteiger partial charge is 0.506 e. The maximum atomic E-state index is 12.6. The van der Waals surface area contributed by atoms with Gasteiger partial charge in [-0.25, -0.2) is 9.78 Å². The van der Waals surface area contributed by atoms with Gasteiger partial charge >= 0.3 is 5.97 Å². The number of pyridine rings is 1. The summed E-state index contributed by atoms with van der Waals surface area (Å²) in [7, 11) is 4.42. The van der Waals surface area contributed by atoms with E-state index in [9.17, 15) is 19.5 Å². The topological polar surface area (TPSA) is 159 Å². The van der Waals surface area contributed by atoms with Crippen LogP contribution in [0.2, 0.25) is 0 Å². The molecule has 1 amide bonds. The highest BCUT2D eigenvalue weighted by molar-refractivity contribution is 5.92. The molecule has 0 aliphatic carbocycles. The Morgan fingerprint density at radius 2 is 2.03 bits per heavy atom. The predicted octanol–water partition coefficient (Wildman–Crippen LogP) is 1.20. The number of nitrogens with two attached hydrogens (primary N) is 1. The summed E-state index contributed by atoms with van der Waals surface area (Å²) in [6.07, 6.45) is 4.18. The van der Waals surface area contributed by atoms with Gasteiger partial charge in [-0.05, 0) is 17.7 Å². The zero-order valence-corrected chi connectivity index (χ0v) is 18.3. The van der Waals surface area contributed by atoms with Crippen LogP contribution in [-0.4, -0.2) is 45.7 Å². The number of hydrogen-bond donors (Lipinski definition) is 3. The lowest BCUT2D eigenvalue weighted by atomic mass is 9.87. The lowest BCUT2D eigenvalue weighted by Gasteiger charge is -2.20. The van der Waals surface area contributed by atoms with Gasteiger partial charge in [0.25, 0.3) is 5.56 Å². The molecule has 1 atom stereocenters. The van der Waals surface area contributed by atoms with E-state index >= 15 is 0 Å². The Morgan fingerprint density at radius 3 is 2.64 bits per heavy atom. The summed E-state index contributed by atoms with van der Waals surface area (Å²) < 4.78 is 17.7. The minimum absolute atomic E-state index is 0.186. The van der Waals surface area contributed by atoms with E-state index in [4.69, 9.17) is 15.2 Å². The highest BCUT2D eigenvalue weighted by Gasteiger charge is 2.28. The van der Waals surface area contributed by atoms with Crippen LogP contribution in [0.25, 0.3) is 0 Å². The molecule has 0 bridgehead atoms. The molecule has 0 radical (unpaired) electrons. The van der Waals surface area contributed by atoms with Gasteiger partial charge in [0.15, 0.2) is 11.5 Å². The fourth-order valence-electron chi connectivity index (χ4n) is 3.41. The van der Waals surface area contributed by atoms with Crippen molar-refractivity contribution in [2.45, 2.75) is 18.9 Å². The van der Waals surface area contributed by atoms with Crippen LogP contribution in [-0.2, 0) is 23.2 Å². The third kappa shape index (κ3) is 4.97. The lowest BCUT2D eigenvalue weighted by molar-refractivity contribution is -0.118. The standard InChI is InChI=1S/C22H24N4O7/c1-26-7-6-24-18(26)11-33-15-5-4-12(8-16(15)31-2)13(9-17(23)27)19-20(28)14(22(30)32-3)10-25-21(19)29/h4-8,10,13H,9,11H2,1-3H3,(H2,23,27)(H2,25,28,29)/t13-/m1/s1. The molecule has 3 aromatic rings. The maximum Gasteiger partial charge on any atom is 0.343 e. The van der Waals surface area contributed by atoms with Crippen LogP contribution in [0.3, 0.4) is 0 Å². The molecule has 0 saturated heterocycles. The number of aromatic nitrogens is 3. The van der Waals surface area contributed by atoms with Gasteiger partial charge in [0.1, 0.15) is 23.7 Å². The summed E-state index contributed by atoms with van der Waals surface area (Å²) in [5.41, 5.74) is 4.74. The zero-order valence-electron chi connectivity index (χ0n) is 18.3. The highest BCUT2D eigenvalue weighted by Crippen LogP contribution is 2.37. The first-order chi connectivity index (χ1) is 15.8. The van der Waals surface area contributed by atoms with Gasteiger partial charge in [-0.15, -0.1) is 0 Å². The fourth-order valence-corrected chi connectivity index (χ4v) is 3.41. The Kier molecular flexibility index (Phi) is 7.01. The number of carbonyl (C=O) groups is 2. The molecule has 3 rings (SSSR count). The molecular weight excluding hydrogens is 432 g/mol. The quantitative estimate of drug-likeness (QED) is 0.405. The summed E-state index contributed by atoms with van der Waals surface area (Å²) in [6, 6.07) is 4.80. The maximum absolute atomic E-state index is 12.6. The summed E-state index contributed by atoms with van der Waals surface area (Å²) in [6.45, 7) is 0.186. The Bertz CT molecular complexity index is 1230. The van der Waals surface area contributed by atoms with Crippen LogP contribution in [0.15, 0.2) is 41.6 Å². The first-order valence-corrected chi connectivity index (χ1v) is 9.84. The van der Waals surface area contributed by atoms with E-state index in [0.29, 0.717) is 22.9 Å². The van der Waals surface area contributed by atoms with E-state index in [1.807, 2.05) is 11.6 Å². The molecule has 11 heteroatoms. The molecule has 0 saturated carbocycles. The number of ether oxygens (including phenoxy) is 3. The van der Waals surface area contributed by atoms with Crippen molar-refractivity contribution in [3.05, 3.63) is 69.7 Å². The SMILES string of the molecule is COC(=O)c1c[nH]c(=O)c([C@H](CC(N)=O)c2ccc(OCc3nccn3C)c(OC)c2)c1O. The van der Waals surface area contributed by atoms with Crippen molar-refractivity contribution in [2.75, 3.05) is 14.2 Å². The predicted molar refractivity (Wildman–Crippen MR) is 116 cm³/mol.